The van der Waals surface area contributed by atoms with E-state index >= 15 is 0 Å². The second-order valence-electron chi connectivity index (χ2n) is 3.42. The summed E-state index contributed by atoms with van der Waals surface area (Å²) in [5, 5.41) is 0. The number of nitrogens with two attached hydrogens (primary N) is 1. The third kappa shape index (κ3) is 3.35. The SMILES string of the molecule is C#CCCC(NN)C1CCCCO1. The van der Waals surface area contributed by atoms with Crippen LogP contribution in [0.15, 0.2) is 0 Å². The molecular formula is C10H18N2O. The second-order valence-corrected chi connectivity index (χ2v) is 3.42. The molecule has 1 fully saturated rings. The monoisotopic (exact) mass is 182 g/mol. The Morgan fingerprint density at radius 2 is 2.46 bits per heavy atom. The maximum atomic E-state index is 5.62. The minimum absolute atomic E-state index is 0.219. The molecule has 0 saturated carbocycles. The van der Waals surface area contributed by atoms with Crippen molar-refractivity contribution in [1.82, 2.24) is 5.43 Å². The Balaban J connectivity index is 2.31. The van der Waals surface area contributed by atoms with E-state index in [0.29, 0.717) is 0 Å². The first-order chi connectivity index (χ1) is 6.38. The molecule has 0 aromatic rings. The molecule has 74 valence electrons. The summed E-state index contributed by atoms with van der Waals surface area (Å²) in [6.45, 7) is 0.860. The Bertz CT molecular complexity index is 170. The van der Waals surface area contributed by atoms with E-state index < -0.39 is 0 Å². The Morgan fingerprint density at radius 1 is 1.62 bits per heavy atom. The van der Waals surface area contributed by atoms with E-state index in [0.717, 1.165) is 25.9 Å². The zero-order valence-corrected chi connectivity index (χ0v) is 7.96. The third-order valence-electron chi connectivity index (χ3n) is 2.48. The predicted octanol–water partition coefficient (Wildman–Crippen LogP) is 0.801. The number of ether oxygens (including phenoxy) is 1. The van der Waals surface area contributed by atoms with Crippen molar-refractivity contribution >= 4 is 0 Å². The fraction of sp³-hybridized carbons (Fsp3) is 0.800. The van der Waals surface area contributed by atoms with Crippen LogP contribution >= 0.6 is 0 Å². The topological polar surface area (TPSA) is 47.3 Å². The van der Waals surface area contributed by atoms with Gasteiger partial charge in [0.25, 0.3) is 0 Å². The molecule has 1 rings (SSSR count). The summed E-state index contributed by atoms with van der Waals surface area (Å²) in [6, 6.07) is 0.219. The van der Waals surface area contributed by atoms with Crippen LogP contribution in [0.1, 0.15) is 32.1 Å². The first-order valence-electron chi connectivity index (χ1n) is 4.89. The van der Waals surface area contributed by atoms with Gasteiger partial charge in [0.1, 0.15) is 0 Å². The summed E-state index contributed by atoms with van der Waals surface area (Å²) in [5.74, 6) is 8.07. The molecule has 3 nitrogen and oxygen atoms in total. The van der Waals surface area contributed by atoms with Crippen molar-refractivity contribution in [2.75, 3.05) is 6.61 Å². The van der Waals surface area contributed by atoms with Crippen molar-refractivity contribution in [3.05, 3.63) is 0 Å². The Kier molecular flexibility index (Phi) is 4.84. The zero-order valence-electron chi connectivity index (χ0n) is 7.96. The van der Waals surface area contributed by atoms with Crippen molar-refractivity contribution in [3.63, 3.8) is 0 Å². The lowest BCUT2D eigenvalue weighted by atomic mass is 9.99. The summed E-state index contributed by atoms with van der Waals surface area (Å²) in [4.78, 5) is 0. The van der Waals surface area contributed by atoms with E-state index in [-0.39, 0.29) is 12.1 Å². The van der Waals surface area contributed by atoms with Gasteiger partial charge in [-0.2, -0.15) is 0 Å². The summed E-state index contributed by atoms with van der Waals surface area (Å²) >= 11 is 0. The van der Waals surface area contributed by atoms with Gasteiger partial charge in [-0.3, -0.25) is 11.3 Å². The Labute approximate surface area is 80.0 Å². The molecule has 1 aliphatic heterocycles. The van der Waals surface area contributed by atoms with Gasteiger partial charge in [0.05, 0.1) is 6.10 Å². The van der Waals surface area contributed by atoms with Crippen molar-refractivity contribution in [2.45, 2.75) is 44.2 Å². The molecule has 0 aromatic carbocycles. The van der Waals surface area contributed by atoms with E-state index in [1.807, 2.05) is 0 Å². The number of nitrogens with one attached hydrogen (secondary N) is 1. The number of rotatable bonds is 4. The first-order valence-corrected chi connectivity index (χ1v) is 4.89. The zero-order chi connectivity index (χ0) is 9.52. The summed E-state index contributed by atoms with van der Waals surface area (Å²) < 4.78 is 5.62. The lowest BCUT2D eigenvalue weighted by Gasteiger charge is -2.29. The van der Waals surface area contributed by atoms with Gasteiger partial charge in [0.2, 0.25) is 0 Å². The largest absolute Gasteiger partial charge is 0.377 e. The average molecular weight is 182 g/mol. The fourth-order valence-electron chi connectivity index (χ4n) is 1.70. The molecule has 0 amide bonds. The van der Waals surface area contributed by atoms with Crippen LogP contribution in [0, 0.1) is 12.3 Å². The van der Waals surface area contributed by atoms with Gasteiger partial charge in [0.15, 0.2) is 0 Å². The average Bonchev–Trinajstić information content (AvgIpc) is 2.21. The van der Waals surface area contributed by atoms with Crippen LogP contribution in [0.25, 0.3) is 0 Å². The minimum atomic E-state index is 0.219. The highest BCUT2D eigenvalue weighted by Crippen LogP contribution is 2.17. The van der Waals surface area contributed by atoms with Crippen LogP contribution in [-0.4, -0.2) is 18.8 Å². The van der Waals surface area contributed by atoms with Crippen LogP contribution in [0.3, 0.4) is 0 Å². The maximum Gasteiger partial charge on any atom is 0.0741 e. The van der Waals surface area contributed by atoms with Crippen LogP contribution in [0.5, 0.6) is 0 Å². The molecular weight excluding hydrogens is 164 g/mol. The Morgan fingerprint density at radius 3 is 3.00 bits per heavy atom. The van der Waals surface area contributed by atoms with Crippen molar-refractivity contribution in [3.8, 4) is 12.3 Å². The van der Waals surface area contributed by atoms with Gasteiger partial charge in [-0.25, -0.2) is 0 Å². The van der Waals surface area contributed by atoms with Crippen molar-refractivity contribution in [1.29, 1.82) is 0 Å². The second kappa shape index (κ2) is 5.98. The van der Waals surface area contributed by atoms with Gasteiger partial charge in [-0.1, -0.05) is 0 Å². The van der Waals surface area contributed by atoms with E-state index in [1.54, 1.807) is 0 Å². The number of terminal acetylenes is 1. The van der Waals surface area contributed by atoms with Crippen LogP contribution in [0.4, 0.5) is 0 Å². The number of hydrazine groups is 1. The number of hydrogen-bond acceptors (Lipinski definition) is 3. The van der Waals surface area contributed by atoms with Crippen LogP contribution in [0.2, 0.25) is 0 Å². The van der Waals surface area contributed by atoms with Crippen LogP contribution in [-0.2, 0) is 4.74 Å². The summed E-state index contributed by atoms with van der Waals surface area (Å²) in [6.07, 6.45) is 10.6. The van der Waals surface area contributed by atoms with E-state index in [4.69, 9.17) is 17.0 Å². The summed E-state index contributed by atoms with van der Waals surface area (Å²) in [7, 11) is 0. The van der Waals surface area contributed by atoms with E-state index in [2.05, 4.69) is 11.3 Å². The highest BCUT2D eigenvalue weighted by atomic mass is 16.5. The van der Waals surface area contributed by atoms with E-state index in [1.165, 1.54) is 12.8 Å². The van der Waals surface area contributed by atoms with Crippen molar-refractivity contribution < 1.29 is 4.74 Å². The molecule has 0 bridgehead atoms. The Hall–Kier alpha value is -0.560. The van der Waals surface area contributed by atoms with Gasteiger partial charge >= 0.3 is 0 Å². The molecule has 0 spiro atoms. The molecule has 1 heterocycles. The summed E-state index contributed by atoms with van der Waals surface area (Å²) in [5.41, 5.74) is 2.79. The number of hydrogen-bond donors (Lipinski definition) is 2. The van der Waals surface area contributed by atoms with Gasteiger partial charge in [-0.15, -0.1) is 12.3 Å². The molecule has 3 N–H and O–H groups in total. The fourth-order valence-corrected chi connectivity index (χ4v) is 1.70. The predicted molar refractivity (Wildman–Crippen MR) is 52.8 cm³/mol. The molecule has 1 aliphatic rings. The normalized spacial score (nSPS) is 25.1. The lowest BCUT2D eigenvalue weighted by Crippen LogP contribution is -2.46. The molecule has 0 aliphatic carbocycles. The van der Waals surface area contributed by atoms with Crippen LogP contribution < -0.4 is 11.3 Å². The molecule has 13 heavy (non-hydrogen) atoms. The molecule has 0 radical (unpaired) electrons. The quantitative estimate of drug-likeness (QED) is 0.384. The maximum absolute atomic E-state index is 5.62. The molecule has 2 atom stereocenters. The van der Waals surface area contributed by atoms with Crippen molar-refractivity contribution in [2.24, 2.45) is 5.84 Å². The van der Waals surface area contributed by atoms with Gasteiger partial charge < -0.3 is 4.74 Å². The third-order valence-corrected chi connectivity index (χ3v) is 2.48. The molecule has 0 aromatic heterocycles. The highest BCUT2D eigenvalue weighted by Gasteiger charge is 2.22. The molecule has 2 unspecified atom stereocenters. The van der Waals surface area contributed by atoms with Gasteiger partial charge in [-0.05, 0) is 25.7 Å². The standard InChI is InChI=1S/C10H18N2O/c1-2-3-6-9(12-11)10-7-4-5-8-13-10/h1,9-10,12H,3-8,11H2. The first kappa shape index (κ1) is 10.5. The highest BCUT2D eigenvalue weighted by molar-refractivity contribution is 4.88. The smallest absolute Gasteiger partial charge is 0.0741 e. The van der Waals surface area contributed by atoms with Gasteiger partial charge in [0, 0.05) is 19.1 Å². The lowest BCUT2D eigenvalue weighted by molar-refractivity contribution is -0.00896. The molecule has 3 heteroatoms. The minimum Gasteiger partial charge on any atom is -0.377 e. The molecule has 1 saturated heterocycles. The van der Waals surface area contributed by atoms with E-state index in [9.17, 15) is 0 Å².